The van der Waals surface area contributed by atoms with Gasteiger partial charge in [-0.25, -0.2) is 0 Å². The van der Waals surface area contributed by atoms with Gasteiger partial charge in [-0.3, -0.25) is 14.4 Å². The van der Waals surface area contributed by atoms with Gasteiger partial charge in [0.2, 0.25) is 0 Å². The van der Waals surface area contributed by atoms with Gasteiger partial charge in [-0.15, -0.1) is 0 Å². The van der Waals surface area contributed by atoms with Crippen molar-refractivity contribution >= 4 is 17.9 Å². The summed E-state index contributed by atoms with van der Waals surface area (Å²) in [5, 5.41) is 0. The molecule has 0 saturated heterocycles. The molecule has 1 atom stereocenters. The summed E-state index contributed by atoms with van der Waals surface area (Å²) in [6.45, 7) is -0.281. The Labute approximate surface area is 385 Å². The molecule has 0 fully saturated rings. The predicted molar refractivity (Wildman–Crippen MR) is 261 cm³/mol. The molecule has 0 saturated carbocycles. The van der Waals surface area contributed by atoms with E-state index >= 15 is 0 Å². The molecule has 0 radical (unpaired) electrons. The second kappa shape index (κ2) is 50.0. The summed E-state index contributed by atoms with van der Waals surface area (Å²) >= 11 is 0. The van der Waals surface area contributed by atoms with E-state index in [1.807, 2.05) is 0 Å². The lowest BCUT2D eigenvalue weighted by molar-refractivity contribution is -0.167. The number of carbonyl (C=O) groups is 3. The Kier molecular flexibility index (Phi) is 40.5. The fraction of sp³-hybridized carbons (Fsp3) is 0.800. The van der Waals surface area contributed by atoms with Crippen molar-refractivity contribution in [2.24, 2.45) is 0 Å². The molecule has 0 heterocycles. The first-order valence-electron chi connectivity index (χ1n) is 28.1. The standard InChI is InChI=1S/C55H98O6/c1-4-7-10-13-16-19-22-25-27-30-33-36-39-42-45-48-54(57)60-51-52(50-59-53(56)47-44-41-38-35-32-29-24-21-18-15-12-9-6-3)61-55(58)49-46-43-40-37-34-31-28-26-23-20-17-14-11-8-5-2/h16-17,19-20,25-28,52H,4-15,18,21-24,29-51H2,1-3H3/b19-16-,20-17-,27-25+,28-26-/i50D2,51D2,52D. The maximum Gasteiger partial charge on any atom is 0.306 e. The highest BCUT2D eigenvalue weighted by atomic mass is 16.6. The van der Waals surface area contributed by atoms with Gasteiger partial charge in [0, 0.05) is 19.3 Å². The van der Waals surface area contributed by atoms with Crippen molar-refractivity contribution in [1.29, 1.82) is 0 Å². The van der Waals surface area contributed by atoms with E-state index < -0.39 is 37.1 Å². The molecule has 0 aliphatic rings. The average molecular weight is 860 g/mol. The monoisotopic (exact) mass is 860 g/mol. The summed E-state index contributed by atoms with van der Waals surface area (Å²) in [7, 11) is 0. The van der Waals surface area contributed by atoms with Crippen molar-refractivity contribution < 1.29 is 35.4 Å². The lowest BCUT2D eigenvalue weighted by Crippen LogP contribution is -2.30. The van der Waals surface area contributed by atoms with Crippen LogP contribution in [-0.4, -0.2) is 37.1 Å². The van der Waals surface area contributed by atoms with E-state index in [1.165, 1.54) is 89.9 Å². The van der Waals surface area contributed by atoms with Crippen molar-refractivity contribution in [3.8, 4) is 0 Å². The van der Waals surface area contributed by atoms with Crippen LogP contribution in [0.15, 0.2) is 48.6 Å². The van der Waals surface area contributed by atoms with E-state index in [1.54, 1.807) is 0 Å². The molecule has 0 N–H and O–H groups in total. The molecule has 1 unspecified atom stereocenters. The third-order valence-corrected chi connectivity index (χ3v) is 10.9. The van der Waals surface area contributed by atoms with Gasteiger partial charge in [-0.1, -0.05) is 211 Å². The Morgan fingerprint density at radius 1 is 0.377 bits per heavy atom. The first-order chi connectivity index (χ1) is 31.9. The number of hydrogen-bond donors (Lipinski definition) is 0. The van der Waals surface area contributed by atoms with E-state index in [0.29, 0.717) is 32.1 Å². The van der Waals surface area contributed by atoms with Crippen LogP contribution in [0.1, 0.15) is 272 Å². The average Bonchev–Trinajstić information content (AvgIpc) is 3.27. The van der Waals surface area contributed by atoms with Gasteiger partial charge < -0.3 is 14.2 Å². The van der Waals surface area contributed by atoms with Gasteiger partial charge in [0.25, 0.3) is 0 Å². The minimum atomic E-state index is -3.51. The van der Waals surface area contributed by atoms with Crippen molar-refractivity contribution in [2.45, 2.75) is 271 Å². The van der Waals surface area contributed by atoms with E-state index in [-0.39, 0.29) is 19.3 Å². The first kappa shape index (κ1) is 49.4. The third kappa shape index (κ3) is 48.3. The number of rotatable bonds is 47. The van der Waals surface area contributed by atoms with Crippen molar-refractivity contribution in [3.63, 3.8) is 0 Å². The van der Waals surface area contributed by atoms with E-state index in [4.69, 9.17) is 21.1 Å². The van der Waals surface area contributed by atoms with Crippen LogP contribution in [0.2, 0.25) is 0 Å². The summed E-state index contributed by atoms with van der Waals surface area (Å²) in [6, 6.07) is 0. The minimum absolute atomic E-state index is 0.136. The van der Waals surface area contributed by atoms with E-state index in [9.17, 15) is 14.4 Å². The number of hydrogen-bond acceptors (Lipinski definition) is 6. The second-order valence-electron chi connectivity index (χ2n) is 16.9. The highest BCUT2D eigenvalue weighted by Crippen LogP contribution is 2.15. The molecule has 6 nitrogen and oxygen atoms in total. The molecule has 354 valence electrons. The van der Waals surface area contributed by atoms with Gasteiger partial charge in [-0.05, 0) is 83.5 Å². The number of ether oxygens (including phenoxy) is 3. The van der Waals surface area contributed by atoms with Crippen LogP contribution < -0.4 is 0 Å². The molecule has 61 heavy (non-hydrogen) atoms. The van der Waals surface area contributed by atoms with Gasteiger partial charge in [0.05, 0.1) is 6.85 Å². The van der Waals surface area contributed by atoms with Crippen LogP contribution in [0.25, 0.3) is 0 Å². The number of carbonyl (C=O) groups excluding carboxylic acids is 3. The third-order valence-electron chi connectivity index (χ3n) is 10.9. The molecule has 0 aliphatic carbocycles. The Morgan fingerprint density at radius 2 is 0.639 bits per heavy atom. The molecule has 0 spiro atoms. The Bertz CT molecular complexity index is 1300. The summed E-state index contributed by atoms with van der Waals surface area (Å²) < 4.78 is 58.8. The molecule has 6 heteroatoms. The topological polar surface area (TPSA) is 78.9 Å². The van der Waals surface area contributed by atoms with Crippen LogP contribution >= 0.6 is 0 Å². The zero-order chi connectivity index (χ0) is 48.9. The van der Waals surface area contributed by atoms with E-state index in [2.05, 4.69) is 69.4 Å². The maximum absolute atomic E-state index is 13.1. The van der Waals surface area contributed by atoms with Gasteiger partial charge in [-0.2, -0.15) is 0 Å². The number of esters is 3. The van der Waals surface area contributed by atoms with Crippen molar-refractivity contribution in [3.05, 3.63) is 48.6 Å². The van der Waals surface area contributed by atoms with E-state index in [0.717, 1.165) is 103 Å². The molecule has 0 amide bonds. The smallest absolute Gasteiger partial charge is 0.306 e. The zero-order valence-corrected chi connectivity index (χ0v) is 39.9. The molecule has 0 bridgehead atoms. The Balaban J connectivity index is 5.07. The van der Waals surface area contributed by atoms with Crippen LogP contribution in [0, 0.1) is 0 Å². The van der Waals surface area contributed by atoms with Crippen molar-refractivity contribution in [1.82, 2.24) is 0 Å². The van der Waals surface area contributed by atoms with Gasteiger partial charge >= 0.3 is 17.9 Å². The fourth-order valence-electron chi connectivity index (χ4n) is 6.98. The van der Waals surface area contributed by atoms with Gasteiger partial charge in [0.1, 0.15) is 13.1 Å². The van der Waals surface area contributed by atoms with Crippen LogP contribution in [0.5, 0.6) is 0 Å². The highest BCUT2D eigenvalue weighted by Gasteiger charge is 2.19. The molecule has 0 rings (SSSR count). The van der Waals surface area contributed by atoms with Crippen LogP contribution in [0.3, 0.4) is 0 Å². The molecule has 0 aromatic carbocycles. The zero-order valence-electron chi connectivity index (χ0n) is 44.9. The quantitative estimate of drug-likeness (QED) is 0.0262. The largest absolute Gasteiger partial charge is 0.462 e. The van der Waals surface area contributed by atoms with Crippen LogP contribution in [0.4, 0.5) is 0 Å². The second-order valence-corrected chi connectivity index (χ2v) is 16.9. The SMILES string of the molecule is [2H]C([2H])(OC(=O)CCCCCCC/C=C/C/C=C\CCCCC)C([2H])(OC(=O)CCCCCCC/C=C\C/C=C\CCCCC)C([2H])([2H])OC(=O)CCCCCCCCCCCCCCC. The van der Waals surface area contributed by atoms with Crippen LogP contribution in [-0.2, 0) is 28.6 Å². The lowest BCUT2D eigenvalue weighted by Gasteiger charge is -2.18. The molecular formula is C55H98O6. The highest BCUT2D eigenvalue weighted by molar-refractivity contribution is 5.71. The summed E-state index contributed by atoms with van der Waals surface area (Å²) in [4.78, 5) is 38.9. The van der Waals surface area contributed by atoms with Gasteiger partial charge in [0.15, 0.2) is 6.08 Å². The normalized spacial score (nSPS) is 14.6. The summed E-state index contributed by atoms with van der Waals surface area (Å²) in [5.74, 6) is -2.99. The molecular weight excluding hydrogens is 757 g/mol. The Hall–Kier alpha value is -2.63. The maximum atomic E-state index is 13.1. The Morgan fingerprint density at radius 3 is 0.984 bits per heavy atom. The molecule has 0 aliphatic heterocycles. The molecule has 0 aromatic rings. The lowest BCUT2D eigenvalue weighted by atomic mass is 10.0. The van der Waals surface area contributed by atoms with Crippen molar-refractivity contribution in [2.75, 3.05) is 13.1 Å². The summed E-state index contributed by atoms with van der Waals surface area (Å²) in [6.07, 6.45) is 49.8. The number of allylic oxidation sites excluding steroid dienone is 8. The summed E-state index contributed by atoms with van der Waals surface area (Å²) in [5.41, 5.74) is 0. The molecule has 0 aromatic heterocycles. The number of unbranched alkanes of at least 4 members (excludes halogenated alkanes) is 28. The predicted octanol–water partition coefficient (Wildman–Crippen LogP) is 17.1. The minimum Gasteiger partial charge on any atom is -0.462 e. The fourth-order valence-corrected chi connectivity index (χ4v) is 6.98. The first-order valence-corrected chi connectivity index (χ1v) is 25.6.